The van der Waals surface area contributed by atoms with E-state index in [1.807, 2.05) is 19.0 Å². The summed E-state index contributed by atoms with van der Waals surface area (Å²) >= 11 is 0. The molecule has 0 heterocycles. The maximum atomic E-state index is 11.4. The predicted molar refractivity (Wildman–Crippen MR) is 58.7 cm³/mol. The van der Waals surface area contributed by atoms with Gasteiger partial charge in [-0.2, -0.15) is 0 Å². The van der Waals surface area contributed by atoms with Crippen molar-refractivity contribution in [1.29, 1.82) is 0 Å². The van der Waals surface area contributed by atoms with Crippen LogP contribution in [0.1, 0.15) is 19.3 Å². The molecule has 5 nitrogen and oxygen atoms in total. The molecule has 0 bridgehead atoms. The highest BCUT2D eigenvalue weighted by Gasteiger charge is 2.10. The smallest absolute Gasteiger partial charge is 0.303 e. The van der Waals surface area contributed by atoms with Crippen molar-refractivity contribution in [2.24, 2.45) is 0 Å². The van der Waals surface area contributed by atoms with Gasteiger partial charge in [-0.25, -0.2) is 8.42 Å². The Kier molecular flexibility index (Phi) is 6.51. The van der Waals surface area contributed by atoms with Gasteiger partial charge >= 0.3 is 5.97 Å². The number of carboxylic acids is 1. The van der Waals surface area contributed by atoms with Gasteiger partial charge in [0.2, 0.25) is 0 Å². The molecule has 0 saturated heterocycles. The van der Waals surface area contributed by atoms with Crippen molar-refractivity contribution in [3.8, 4) is 0 Å². The van der Waals surface area contributed by atoms with Crippen molar-refractivity contribution >= 4 is 15.8 Å². The number of carbonyl (C=O) groups is 1. The second-order valence-corrected chi connectivity index (χ2v) is 6.11. The molecule has 0 aromatic carbocycles. The number of hydrogen-bond donors (Lipinski definition) is 1. The second-order valence-electron chi connectivity index (χ2n) is 3.81. The number of carboxylic acid groups (broad SMARTS) is 1. The zero-order chi connectivity index (χ0) is 11.9. The van der Waals surface area contributed by atoms with E-state index in [4.69, 9.17) is 5.11 Å². The number of unbranched alkanes of at least 4 members (excludes halogenated alkanes) is 1. The van der Waals surface area contributed by atoms with Crippen LogP contribution in [0.15, 0.2) is 0 Å². The number of sulfone groups is 1. The van der Waals surface area contributed by atoms with Gasteiger partial charge in [0, 0.05) is 13.0 Å². The zero-order valence-corrected chi connectivity index (χ0v) is 10.1. The monoisotopic (exact) mass is 237 g/mol. The summed E-state index contributed by atoms with van der Waals surface area (Å²) in [6.45, 7) is 0.515. The first kappa shape index (κ1) is 14.4. The SMILES string of the molecule is CN(C)CCS(=O)(=O)CCCCC(=O)O. The number of nitrogens with zero attached hydrogens (tertiary/aromatic N) is 1. The summed E-state index contributed by atoms with van der Waals surface area (Å²) in [5.41, 5.74) is 0. The quantitative estimate of drug-likeness (QED) is 0.611. The van der Waals surface area contributed by atoms with Crippen LogP contribution in [-0.2, 0) is 14.6 Å². The maximum Gasteiger partial charge on any atom is 0.303 e. The van der Waals surface area contributed by atoms with Crippen molar-refractivity contribution < 1.29 is 18.3 Å². The first-order chi connectivity index (χ1) is 6.83. The normalized spacial score (nSPS) is 11.9. The van der Waals surface area contributed by atoms with Crippen LogP contribution in [0.4, 0.5) is 0 Å². The molecule has 15 heavy (non-hydrogen) atoms. The maximum absolute atomic E-state index is 11.4. The van der Waals surface area contributed by atoms with E-state index in [2.05, 4.69) is 0 Å². The van der Waals surface area contributed by atoms with E-state index in [0.29, 0.717) is 19.4 Å². The highest BCUT2D eigenvalue weighted by molar-refractivity contribution is 7.91. The van der Waals surface area contributed by atoms with E-state index in [-0.39, 0.29) is 17.9 Å². The Morgan fingerprint density at radius 2 is 1.80 bits per heavy atom. The van der Waals surface area contributed by atoms with Gasteiger partial charge in [-0.3, -0.25) is 4.79 Å². The second kappa shape index (κ2) is 6.79. The molecule has 0 amide bonds. The Balaban J connectivity index is 3.70. The fraction of sp³-hybridized carbons (Fsp3) is 0.889. The fourth-order valence-corrected chi connectivity index (χ4v) is 2.51. The van der Waals surface area contributed by atoms with Crippen LogP contribution in [0, 0.1) is 0 Å². The molecule has 0 fully saturated rings. The Hall–Kier alpha value is -0.620. The number of rotatable bonds is 8. The average molecular weight is 237 g/mol. The topological polar surface area (TPSA) is 74.7 Å². The van der Waals surface area contributed by atoms with Crippen molar-refractivity contribution in [3.63, 3.8) is 0 Å². The summed E-state index contributed by atoms with van der Waals surface area (Å²) < 4.78 is 22.8. The van der Waals surface area contributed by atoms with Crippen LogP contribution in [0.25, 0.3) is 0 Å². The minimum Gasteiger partial charge on any atom is -0.481 e. The van der Waals surface area contributed by atoms with Crippen LogP contribution < -0.4 is 0 Å². The highest BCUT2D eigenvalue weighted by Crippen LogP contribution is 2.01. The van der Waals surface area contributed by atoms with Crippen molar-refractivity contribution in [1.82, 2.24) is 4.90 Å². The summed E-state index contributed by atoms with van der Waals surface area (Å²) in [6.07, 6.45) is 0.905. The molecule has 0 atom stereocenters. The lowest BCUT2D eigenvalue weighted by Gasteiger charge is -2.09. The zero-order valence-electron chi connectivity index (χ0n) is 9.27. The molecule has 0 unspecified atom stereocenters. The highest BCUT2D eigenvalue weighted by atomic mass is 32.2. The van der Waals surface area contributed by atoms with Crippen LogP contribution in [0.2, 0.25) is 0 Å². The standard InChI is InChI=1S/C9H19NO4S/c1-10(2)6-8-15(13,14)7-4-3-5-9(11)12/h3-8H2,1-2H3,(H,11,12). The van der Waals surface area contributed by atoms with Gasteiger partial charge in [0.25, 0.3) is 0 Å². The lowest BCUT2D eigenvalue weighted by atomic mass is 10.3. The molecule has 0 aliphatic rings. The molecular weight excluding hydrogens is 218 g/mol. The van der Waals surface area contributed by atoms with E-state index >= 15 is 0 Å². The predicted octanol–water partition coefficient (Wildman–Crippen LogP) is 0.218. The summed E-state index contributed by atoms with van der Waals surface area (Å²) in [5, 5.41) is 8.36. The summed E-state index contributed by atoms with van der Waals surface area (Å²) in [7, 11) is 0.630. The summed E-state index contributed by atoms with van der Waals surface area (Å²) in [4.78, 5) is 12.0. The minimum atomic E-state index is -3.01. The molecule has 0 spiro atoms. The van der Waals surface area contributed by atoms with Crippen molar-refractivity contribution in [3.05, 3.63) is 0 Å². The largest absolute Gasteiger partial charge is 0.481 e. The molecule has 1 N–H and O–H groups in total. The van der Waals surface area contributed by atoms with Gasteiger partial charge in [0.1, 0.15) is 0 Å². The van der Waals surface area contributed by atoms with Crippen LogP contribution in [0.5, 0.6) is 0 Å². The third-order valence-corrected chi connectivity index (χ3v) is 3.66. The fourth-order valence-electron chi connectivity index (χ4n) is 1.02. The molecule has 6 heteroatoms. The first-order valence-corrected chi connectivity index (χ1v) is 6.72. The van der Waals surface area contributed by atoms with E-state index in [0.717, 1.165) is 0 Å². The van der Waals surface area contributed by atoms with Crippen molar-refractivity contribution in [2.75, 3.05) is 32.1 Å². The van der Waals surface area contributed by atoms with Crippen molar-refractivity contribution in [2.45, 2.75) is 19.3 Å². The van der Waals surface area contributed by atoms with E-state index < -0.39 is 15.8 Å². The number of hydrogen-bond acceptors (Lipinski definition) is 4. The van der Waals surface area contributed by atoms with Gasteiger partial charge in [-0.15, -0.1) is 0 Å². The van der Waals surface area contributed by atoms with Gasteiger partial charge in [-0.05, 0) is 26.9 Å². The van der Waals surface area contributed by atoms with E-state index in [1.54, 1.807) is 0 Å². The van der Waals surface area contributed by atoms with Gasteiger partial charge in [0.05, 0.1) is 11.5 Å². The molecule has 0 aliphatic heterocycles. The Morgan fingerprint density at radius 1 is 1.20 bits per heavy atom. The Bertz CT molecular complexity index is 284. The molecular formula is C9H19NO4S. The number of aliphatic carboxylic acids is 1. The third kappa shape index (κ3) is 9.68. The van der Waals surface area contributed by atoms with Gasteiger partial charge in [0.15, 0.2) is 9.84 Å². The van der Waals surface area contributed by atoms with Gasteiger partial charge < -0.3 is 10.0 Å². The molecule has 0 rings (SSSR count). The Morgan fingerprint density at radius 3 is 2.27 bits per heavy atom. The lowest BCUT2D eigenvalue weighted by molar-refractivity contribution is -0.137. The molecule has 0 radical (unpaired) electrons. The van der Waals surface area contributed by atoms with Crippen LogP contribution >= 0.6 is 0 Å². The molecule has 0 aliphatic carbocycles. The molecule has 0 saturated carbocycles. The Labute approximate surface area is 91.0 Å². The first-order valence-electron chi connectivity index (χ1n) is 4.90. The molecule has 0 aromatic heterocycles. The van der Waals surface area contributed by atoms with Crippen LogP contribution in [0.3, 0.4) is 0 Å². The van der Waals surface area contributed by atoms with E-state index in [9.17, 15) is 13.2 Å². The molecule has 90 valence electrons. The van der Waals surface area contributed by atoms with Crippen LogP contribution in [-0.4, -0.2) is 56.5 Å². The summed E-state index contributed by atoms with van der Waals surface area (Å²) in [6, 6.07) is 0. The minimum absolute atomic E-state index is 0.0448. The van der Waals surface area contributed by atoms with E-state index in [1.165, 1.54) is 0 Å². The summed E-state index contributed by atoms with van der Waals surface area (Å²) in [5.74, 6) is -0.637. The molecule has 0 aromatic rings. The average Bonchev–Trinajstić information content (AvgIpc) is 2.09. The third-order valence-electron chi connectivity index (χ3n) is 1.95. The lowest BCUT2D eigenvalue weighted by Crippen LogP contribution is -2.23. The van der Waals surface area contributed by atoms with Gasteiger partial charge in [-0.1, -0.05) is 0 Å².